The molecule has 4 aliphatic heterocycles. The van der Waals surface area contributed by atoms with Crippen LogP contribution in [-0.4, -0.2) is 53.5 Å². The second-order valence-electron chi connectivity index (χ2n) is 6.98. The Morgan fingerprint density at radius 1 is 1.05 bits per heavy atom. The van der Waals surface area contributed by atoms with Crippen LogP contribution in [0.2, 0.25) is 0 Å². The number of amides is 1. The number of carbonyl (C=O) groups is 1. The van der Waals surface area contributed by atoms with E-state index in [4.69, 9.17) is 5.73 Å². The summed E-state index contributed by atoms with van der Waals surface area (Å²) in [6.07, 6.45) is 7.29. The highest BCUT2D eigenvalue weighted by Gasteiger charge is 2.51. The van der Waals surface area contributed by atoms with Gasteiger partial charge < -0.3 is 10.6 Å². The van der Waals surface area contributed by atoms with Crippen LogP contribution in [-0.2, 0) is 4.79 Å². The lowest BCUT2D eigenvalue weighted by molar-refractivity contribution is -0.152. The second-order valence-corrected chi connectivity index (χ2v) is 6.98. The Kier molecular flexibility index (Phi) is 2.85. The third-order valence-electron chi connectivity index (χ3n) is 6.05. The molecule has 4 nitrogen and oxygen atoms in total. The van der Waals surface area contributed by atoms with Gasteiger partial charge in [-0.25, -0.2) is 0 Å². The number of rotatable bonds is 0. The van der Waals surface area contributed by atoms with Gasteiger partial charge in [0.25, 0.3) is 0 Å². The smallest absolute Gasteiger partial charge is 0.239 e. The highest BCUT2D eigenvalue weighted by atomic mass is 16.2. The van der Waals surface area contributed by atoms with Crippen LogP contribution in [0.4, 0.5) is 0 Å². The van der Waals surface area contributed by atoms with Crippen molar-refractivity contribution in [1.82, 2.24) is 9.80 Å². The van der Waals surface area contributed by atoms with Crippen LogP contribution in [0, 0.1) is 11.8 Å². The Morgan fingerprint density at radius 2 is 1.84 bits per heavy atom. The zero-order valence-corrected chi connectivity index (χ0v) is 11.6. The third kappa shape index (κ3) is 1.76. The predicted octanol–water partition coefficient (Wildman–Crippen LogP) is 0.809. The van der Waals surface area contributed by atoms with E-state index in [2.05, 4.69) is 9.80 Å². The second kappa shape index (κ2) is 4.45. The minimum atomic E-state index is -0.226. The molecule has 4 aliphatic rings. The predicted molar refractivity (Wildman–Crippen MR) is 73.5 cm³/mol. The number of hydrogen-bond donors (Lipinski definition) is 1. The van der Waals surface area contributed by atoms with E-state index >= 15 is 0 Å². The molecule has 0 bridgehead atoms. The topological polar surface area (TPSA) is 49.6 Å². The maximum absolute atomic E-state index is 12.4. The average molecular weight is 263 g/mol. The molecular formula is C15H25N3O. The summed E-state index contributed by atoms with van der Waals surface area (Å²) in [5.74, 6) is 1.67. The first-order chi connectivity index (χ1) is 9.25. The molecule has 106 valence electrons. The van der Waals surface area contributed by atoms with E-state index in [-0.39, 0.29) is 11.9 Å². The Hall–Kier alpha value is -0.610. The Balaban J connectivity index is 1.65. The van der Waals surface area contributed by atoms with Crippen LogP contribution >= 0.6 is 0 Å². The van der Waals surface area contributed by atoms with Gasteiger partial charge in [-0.1, -0.05) is 0 Å². The fourth-order valence-electron chi connectivity index (χ4n) is 5.31. The lowest BCUT2D eigenvalue weighted by atomic mass is 9.68. The van der Waals surface area contributed by atoms with Gasteiger partial charge in [-0.15, -0.1) is 0 Å². The molecule has 1 amide bonds. The van der Waals surface area contributed by atoms with Crippen molar-refractivity contribution < 1.29 is 4.79 Å². The molecule has 0 radical (unpaired) electrons. The summed E-state index contributed by atoms with van der Waals surface area (Å²) in [5.41, 5.74) is 5.98. The van der Waals surface area contributed by atoms with Crippen LogP contribution in [0.5, 0.6) is 0 Å². The molecule has 4 heteroatoms. The molecule has 0 aromatic carbocycles. The first-order valence-electron chi connectivity index (χ1n) is 8.06. The van der Waals surface area contributed by atoms with Crippen LogP contribution in [0.25, 0.3) is 0 Å². The van der Waals surface area contributed by atoms with E-state index in [0.29, 0.717) is 12.0 Å². The van der Waals surface area contributed by atoms with Crippen molar-refractivity contribution in [3.05, 3.63) is 0 Å². The summed E-state index contributed by atoms with van der Waals surface area (Å²) in [5, 5.41) is 0. The molecule has 0 saturated carbocycles. The van der Waals surface area contributed by atoms with Crippen molar-refractivity contribution in [2.45, 2.75) is 56.7 Å². The lowest BCUT2D eigenvalue weighted by Crippen LogP contribution is -2.68. The van der Waals surface area contributed by atoms with E-state index < -0.39 is 0 Å². The molecule has 0 aliphatic carbocycles. The summed E-state index contributed by atoms with van der Waals surface area (Å²) in [4.78, 5) is 17.3. The number of nitrogens with two attached hydrogens (primary N) is 1. The Bertz CT molecular complexity index is 384. The molecule has 4 rings (SSSR count). The molecule has 19 heavy (non-hydrogen) atoms. The SMILES string of the molecule is NC1CC[C@@H]2[C@H]3CCCN4CCC[C@H](CN2C1=O)[C@@H]34. The number of nitrogens with zero attached hydrogens (tertiary/aromatic N) is 2. The standard InChI is InChI=1S/C15H25N3O/c16-12-5-6-13-11-4-2-8-17-7-1-3-10(14(11)17)9-18(13)15(12)19/h10-14H,1-9,16H2/t10-,11-,12?,13-,14+/m1/s1. The van der Waals surface area contributed by atoms with Crippen molar-refractivity contribution >= 4 is 5.91 Å². The van der Waals surface area contributed by atoms with E-state index in [1.807, 2.05) is 0 Å². The van der Waals surface area contributed by atoms with Gasteiger partial charge in [0, 0.05) is 18.6 Å². The normalized spacial score (nSPS) is 46.7. The van der Waals surface area contributed by atoms with Crippen LogP contribution in [0.3, 0.4) is 0 Å². The van der Waals surface area contributed by atoms with Gasteiger partial charge in [-0.3, -0.25) is 9.69 Å². The van der Waals surface area contributed by atoms with Crippen LogP contribution in [0.1, 0.15) is 38.5 Å². The zero-order valence-electron chi connectivity index (χ0n) is 11.6. The Morgan fingerprint density at radius 3 is 2.68 bits per heavy atom. The first-order valence-corrected chi connectivity index (χ1v) is 8.06. The number of carbonyl (C=O) groups excluding carboxylic acids is 1. The van der Waals surface area contributed by atoms with Gasteiger partial charge in [0.1, 0.15) is 0 Å². The molecule has 4 fully saturated rings. The molecule has 4 saturated heterocycles. The minimum Gasteiger partial charge on any atom is -0.338 e. The Labute approximate surface area is 115 Å². The molecule has 5 atom stereocenters. The van der Waals surface area contributed by atoms with Crippen molar-refractivity contribution in [1.29, 1.82) is 0 Å². The zero-order chi connectivity index (χ0) is 13.0. The highest BCUT2D eigenvalue weighted by molar-refractivity contribution is 5.83. The van der Waals surface area contributed by atoms with Crippen molar-refractivity contribution in [2.75, 3.05) is 19.6 Å². The van der Waals surface area contributed by atoms with Gasteiger partial charge in [-0.05, 0) is 63.5 Å². The molecule has 4 heterocycles. The van der Waals surface area contributed by atoms with Crippen molar-refractivity contribution in [3.8, 4) is 0 Å². The summed E-state index contributed by atoms with van der Waals surface area (Å²) in [6, 6.07) is 1.04. The number of piperidine rings is 4. The maximum Gasteiger partial charge on any atom is 0.239 e. The largest absolute Gasteiger partial charge is 0.338 e. The quantitative estimate of drug-likeness (QED) is 0.703. The molecule has 0 aromatic heterocycles. The summed E-state index contributed by atoms with van der Waals surface area (Å²) in [7, 11) is 0. The molecule has 1 unspecified atom stereocenters. The molecule has 2 N–H and O–H groups in total. The van der Waals surface area contributed by atoms with Gasteiger partial charge >= 0.3 is 0 Å². The van der Waals surface area contributed by atoms with Gasteiger partial charge in [-0.2, -0.15) is 0 Å². The highest BCUT2D eigenvalue weighted by Crippen LogP contribution is 2.44. The van der Waals surface area contributed by atoms with Gasteiger partial charge in [0.15, 0.2) is 0 Å². The summed E-state index contributed by atoms with van der Waals surface area (Å²) in [6.45, 7) is 3.56. The van der Waals surface area contributed by atoms with E-state index in [1.165, 1.54) is 38.8 Å². The third-order valence-corrected chi connectivity index (χ3v) is 6.05. The lowest BCUT2D eigenvalue weighted by Gasteiger charge is -2.59. The van der Waals surface area contributed by atoms with E-state index in [0.717, 1.165) is 31.3 Å². The summed E-state index contributed by atoms with van der Waals surface area (Å²) >= 11 is 0. The number of fused-ring (bicyclic) bond motifs is 2. The fourth-order valence-corrected chi connectivity index (χ4v) is 5.31. The van der Waals surface area contributed by atoms with Crippen LogP contribution < -0.4 is 5.73 Å². The molecule has 0 aromatic rings. The first kappa shape index (κ1) is 12.2. The average Bonchev–Trinajstić information content (AvgIpc) is 2.44. The summed E-state index contributed by atoms with van der Waals surface area (Å²) < 4.78 is 0. The number of hydrogen-bond acceptors (Lipinski definition) is 3. The van der Waals surface area contributed by atoms with Crippen molar-refractivity contribution in [3.63, 3.8) is 0 Å². The monoisotopic (exact) mass is 263 g/mol. The van der Waals surface area contributed by atoms with Gasteiger partial charge in [0.2, 0.25) is 5.91 Å². The van der Waals surface area contributed by atoms with Crippen LogP contribution in [0.15, 0.2) is 0 Å². The minimum absolute atomic E-state index is 0.226. The van der Waals surface area contributed by atoms with E-state index in [9.17, 15) is 4.79 Å². The fraction of sp³-hybridized carbons (Fsp3) is 0.933. The van der Waals surface area contributed by atoms with Crippen molar-refractivity contribution in [2.24, 2.45) is 17.6 Å². The molecular weight excluding hydrogens is 238 g/mol. The van der Waals surface area contributed by atoms with Gasteiger partial charge in [0.05, 0.1) is 6.04 Å². The maximum atomic E-state index is 12.4. The molecule has 0 spiro atoms. The van der Waals surface area contributed by atoms with E-state index in [1.54, 1.807) is 0 Å².